The molecule has 0 aliphatic heterocycles. The summed E-state index contributed by atoms with van der Waals surface area (Å²) in [5.74, 6) is 0.146. The Kier molecular flexibility index (Phi) is 2.45. The number of rotatable bonds is 2. The van der Waals surface area contributed by atoms with Gasteiger partial charge in [0, 0.05) is 0 Å². The van der Waals surface area contributed by atoms with E-state index in [2.05, 4.69) is 0 Å². The summed E-state index contributed by atoms with van der Waals surface area (Å²) in [4.78, 5) is 0. The summed E-state index contributed by atoms with van der Waals surface area (Å²) in [5.41, 5.74) is -0.958. The van der Waals surface area contributed by atoms with Gasteiger partial charge in [0.1, 0.15) is 5.67 Å². The van der Waals surface area contributed by atoms with Gasteiger partial charge in [-0.05, 0) is 19.3 Å². The maximum Gasteiger partial charge on any atom is 0.110 e. The van der Waals surface area contributed by atoms with Crippen molar-refractivity contribution in [2.24, 2.45) is 5.92 Å². The first-order valence-electron chi connectivity index (χ1n) is 3.19. The van der Waals surface area contributed by atoms with Crippen molar-refractivity contribution in [3.8, 4) is 0 Å². The van der Waals surface area contributed by atoms with E-state index in [9.17, 15) is 4.39 Å². The molecule has 0 fully saturated rings. The zero-order valence-corrected chi connectivity index (χ0v) is 6.16. The van der Waals surface area contributed by atoms with Gasteiger partial charge in [0.2, 0.25) is 0 Å². The molecule has 0 nitrogen and oxygen atoms in total. The summed E-state index contributed by atoms with van der Waals surface area (Å²) in [6.07, 6.45) is 0.616. The Balaban J connectivity index is 3.71. The van der Waals surface area contributed by atoms with Crippen molar-refractivity contribution in [3.63, 3.8) is 0 Å². The second-order valence-electron chi connectivity index (χ2n) is 2.79. The van der Waals surface area contributed by atoms with Crippen molar-refractivity contribution in [2.45, 2.75) is 39.8 Å². The third-order valence-electron chi connectivity index (χ3n) is 1.90. The molecule has 0 aliphatic carbocycles. The molecule has 1 atom stereocenters. The van der Waals surface area contributed by atoms with Crippen LogP contribution in [0.1, 0.15) is 34.1 Å². The Morgan fingerprint density at radius 3 is 1.88 bits per heavy atom. The van der Waals surface area contributed by atoms with Crippen molar-refractivity contribution in [2.75, 3.05) is 0 Å². The Morgan fingerprint density at radius 1 is 1.50 bits per heavy atom. The predicted octanol–water partition coefficient (Wildman–Crippen LogP) is 2.78. The molecule has 0 radical (unpaired) electrons. The van der Waals surface area contributed by atoms with Crippen LogP contribution in [-0.4, -0.2) is 5.67 Å². The molecule has 0 bridgehead atoms. The summed E-state index contributed by atoms with van der Waals surface area (Å²) in [6.45, 7) is 7.34. The van der Waals surface area contributed by atoms with E-state index in [1.54, 1.807) is 6.92 Å². The van der Waals surface area contributed by atoms with Gasteiger partial charge in [-0.2, -0.15) is 0 Å². The predicted molar refractivity (Wildman–Crippen MR) is 34.6 cm³/mol. The molecule has 1 heteroatoms. The second-order valence-corrected chi connectivity index (χ2v) is 2.79. The topological polar surface area (TPSA) is 0 Å². The standard InChI is InChI=1S/C7H15F/c1-5-7(4,8)6(2)3/h6H,5H2,1-4H3. The minimum absolute atomic E-state index is 0.146. The molecule has 0 aromatic rings. The molecule has 0 saturated heterocycles. The highest BCUT2D eigenvalue weighted by Gasteiger charge is 2.24. The first kappa shape index (κ1) is 7.93. The van der Waals surface area contributed by atoms with E-state index >= 15 is 0 Å². The van der Waals surface area contributed by atoms with Gasteiger partial charge in [-0.15, -0.1) is 0 Å². The maximum absolute atomic E-state index is 12.9. The SMILES string of the molecule is CCC(C)(F)C(C)C. The minimum Gasteiger partial charge on any atom is -0.244 e. The summed E-state index contributed by atoms with van der Waals surface area (Å²) < 4.78 is 12.9. The molecule has 0 spiro atoms. The largest absolute Gasteiger partial charge is 0.244 e. The first-order chi connectivity index (χ1) is 3.50. The van der Waals surface area contributed by atoms with Crippen LogP contribution in [0, 0.1) is 5.92 Å². The van der Waals surface area contributed by atoms with E-state index in [1.165, 1.54) is 0 Å². The molecule has 0 rings (SSSR count). The summed E-state index contributed by atoms with van der Waals surface area (Å²) in [7, 11) is 0. The molecule has 0 saturated carbocycles. The summed E-state index contributed by atoms with van der Waals surface area (Å²) in [6, 6.07) is 0. The van der Waals surface area contributed by atoms with Crippen LogP contribution in [0.4, 0.5) is 4.39 Å². The van der Waals surface area contributed by atoms with Crippen molar-refractivity contribution in [3.05, 3.63) is 0 Å². The maximum atomic E-state index is 12.9. The molecule has 0 aromatic heterocycles. The van der Waals surface area contributed by atoms with Crippen LogP contribution in [0.25, 0.3) is 0 Å². The lowest BCUT2D eigenvalue weighted by Crippen LogP contribution is -2.23. The van der Waals surface area contributed by atoms with Crippen molar-refractivity contribution >= 4 is 0 Å². The Morgan fingerprint density at radius 2 is 1.88 bits per heavy atom. The highest BCUT2D eigenvalue weighted by atomic mass is 19.1. The first-order valence-corrected chi connectivity index (χ1v) is 3.19. The third-order valence-corrected chi connectivity index (χ3v) is 1.90. The molecule has 0 aliphatic rings. The van der Waals surface area contributed by atoms with E-state index in [0.717, 1.165) is 0 Å². The van der Waals surface area contributed by atoms with Gasteiger partial charge in [0.25, 0.3) is 0 Å². The fraction of sp³-hybridized carbons (Fsp3) is 1.00. The van der Waals surface area contributed by atoms with Crippen LogP contribution < -0.4 is 0 Å². The average molecular weight is 118 g/mol. The second kappa shape index (κ2) is 2.47. The molecule has 8 heavy (non-hydrogen) atoms. The number of halogens is 1. The Hall–Kier alpha value is -0.0700. The monoisotopic (exact) mass is 118 g/mol. The lowest BCUT2D eigenvalue weighted by molar-refractivity contribution is 0.118. The van der Waals surface area contributed by atoms with Crippen molar-refractivity contribution in [1.82, 2.24) is 0 Å². The molecule has 0 N–H and O–H groups in total. The molecule has 0 heterocycles. The molecule has 1 unspecified atom stereocenters. The fourth-order valence-electron chi connectivity index (χ4n) is 0.408. The van der Waals surface area contributed by atoms with Gasteiger partial charge >= 0.3 is 0 Å². The molecule has 0 aromatic carbocycles. The van der Waals surface area contributed by atoms with Crippen LogP contribution >= 0.6 is 0 Å². The zero-order chi connectivity index (χ0) is 6.78. The van der Waals surface area contributed by atoms with Gasteiger partial charge < -0.3 is 0 Å². The van der Waals surface area contributed by atoms with Gasteiger partial charge in [0.15, 0.2) is 0 Å². The van der Waals surface area contributed by atoms with Gasteiger partial charge in [-0.25, -0.2) is 4.39 Å². The normalized spacial score (nSPS) is 18.8. The smallest absolute Gasteiger partial charge is 0.110 e. The van der Waals surface area contributed by atoms with Crippen LogP contribution in [0.15, 0.2) is 0 Å². The molecular formula is C7H15F. The van der Waals surface area contributed by atoms with Gasteiger partial charge in [0.05, 0.1) is 0 Å². The average Bonchev–Trinajstić information content (AvgIpc) is 1.67. The molecule has 0 amide bonds. The number of alkyl halides is 1. The van der Waals surface area contributed by atoms with Gasteiger partial charge in [-0.3, -0.25) is 0 Å². The van der Waals surface area contributed by atoms with E-state index < -0.39 is 5.67 Å². The van der Waals surface area contributed by atoms with Crippen molar-refractivity contribution in [1.29, 1.82) is 0 Å². The van der Waals surface area contributed by atoms with Crippen LogP contribution in [-0.2, 0) is 0 Å². The van der Waals surface area contributed by atoms with Crippen molar-refractivity contribution < 1.29 is 4.39 Å². The van der Waals surface area contributed by atoms with E-state index in [4.69, 9.17) is 0 Å². The van der Waals surface area contributed by atoms with Crippen LogP contribution in [0.3, 0.4) is 0 Å². The molecular weight excluding hydrogens is 103 g/mol. The van der Waals surface area contributed by atoms with E-state index in [0.29, 0.717) is 6.42 Å². The third kappa shape index (κ3) is 1.81. The number of hydrogen-bond acceptors (Lipinski definition) is 0. The zero-order valence-electron chi connectivity index (χ0n) is 6.16. The molecule has 50 valence electrons. The summed E-state index contributed by atoms with van der Waals surface area (Å²) >= 11 is 0. The lowest BCUT2D eigenvalue weighted by Gasteiger charge is -2.22. The lowest BCUT2D eigenvalue weighted by atomic mass is 9.92. The summed E-state index contributed by atoms with van der Waals surface area (Å²) in [5, 5.41) is 0. The van der Waals surface area contributed by atoms with E-state index in [-0.39, 0.29) is 5.92 Å². The highest BCUT2D eigenvalue weighted by molar-refractivity contribution is 4.73. The number of hydrogen-bond donors (Lipinski definition) is 0. The van der Waals surface area contributed by atoms with Crippen LogP contribution in [0.5, 0.6) is 0 Å². The van der Waals surface area contributed by atoms with E-state index in [1.807, 2.05) is 20.8 Å². The van der Waals surface area contributed by atoms with Crippen LogP contribution in [0.2, 0.25) is 0 Å². The van der Waals surface area contributed by atoms with Gasteiger partial charge in [-0.1, -0.05) is 20.8 Å². The fourth-order valence-corrected chi connectivity index (χ4v) is 0.408. The Bertz CT molecular complexity index is 64.8. The Labute approximate surface area is 51.1 Å². The highest BCUT2D eigenvalue weighted by Crippen LogP contribution is 2.24. The minimum atomic E-state index is -0.958. The quantitative estimate of drug-likeness (QED) is 0.523.